The average molecular weight is 290 g/mol. The number of primary amides is 1. The van der Waals surface area contributed by atoms with Crippen LogP contribution < -0.4 is 11.1 Å². The molecule has 3 nitrogen and oxygen atoms in total. The lowest BCUT2D eigenvalue weighted by atomic mass is 10.1. The smallest absolute Gasteiger partial charge is 0.251 e. The molecule has 0 saturated heterocycles. The number of hydrogen-bond acceptors (Lipinski definition) is 2. The van der Waals surface area contributed by atoms with Crippen molar-refractivity contribution in [1.82, 2.24) is 0 Å². The van der Waals surface area contributed by atoms with E-state index in [4.69, 9.17) is 5.73 Å². The second-order valence-electron chi connectivity index (χ2n) is 4.65. The summed E-state index contributed by atoms with van der Waals surface area (Å²) in [5, 5.41) is 2.88. The Morgan fingerprint density at radius 3 is 2.43 bits per heavy atom. The fourth-order valence-corrected chi connectivity index (χ4v) is 2.14. The summed E-state index contributed by atoms with van der Waals surface area (Å²) in [6, 6.07) is 9.52. The molecule has 2 aromatic carbocycles. The van der Waals surface area contributed by atoms with E-state index in [0.29, 0.717) is 12.6 Å². The molecule has 0 unspecified atom stereocenters. The van der Waals surface area contributed by atoms with Gasteiger partial charge in [-0.25, -0.2) is 8.78 Å². The lowest BCUT2D eigenvalue weighted by molar-refractivity contribution is 0.0996. The number of amides is 1. The van der Waals surface area contributed by atoms with Crippen molar-refractivity contribution in [3.8, 4) is 0 Å². The molecule has 0 aliphatic carbocycles. The summed E-state index contributed by atoms with van der Waals surface area (Å²) in [5.41, 5.74) is 6.94. The van der Waals surface area contributed by atoms with Crippen LogP contribution in [0.4, 0.5) is 14.5 Å². The number of halogens is 2. The number of aryl methyl sites for hydroxylation is 1. The molecule has 0 radical (unpaired) electrons. The Bertz CT molecular complexity index is 671. The van der Waals surface area contributed by atoms with Crippen LogP contribution in [0.25, 0.3) is 0 Å². The highest BCUT2D eigenvalue weighted by Gasteiger charge is 2.13. The molecule has 3 N–H and O–H groups in total. The van der Waals surface area contributed by atoms with E-state index in [1.165, 1.54) is 0 Å². The van der Waals surface area contributed by atoms with E-state index in [2.05, 4.69) is 5.32 Å². The van der Waals surface area contributed by atoms with Gasteiger partial charge in [-0.3, -0.25) is 4.79 Å². The van der Waals surface area contributed by atoms with Crippen molar-refractivity contribution in [1.29, 1.82) is 0 Å². The topological polar surface area (TPSA) is 55.1 Å². The summed E-state index contributed by atoms with van der Waals surface area (Å²) in [6.45, 7) is 2.41. The van der Waals surface area contributed by atoms with Gasteiger partial charge in [-0.05, 0) is 23.6 Å². The molecule has 5 heteroatoms. The Morgan fingerprint density at radius 2 is 1.81 bits per heavy atom. The van der Waals surface area contributed by atoms with Crippen LogP contribution in [-0.2, 0) is 13.0 Å². The molecule has 110 valence electrons. The van der Waals surface area contributed by atoms with Gasteiger partial charge in [-0.2, -0.15) is 0 Å². The highest BCUT2D eigenvalue weighted by Crippen LogP contribution is 2.21. The molecule has 21 heavy (non-hydrogen) atoms. The van der Waals surface area contributed by atoms with Gasteiger partial charge in [0.05, 0.1) is 11.3 Å². The number of carbonyl (C=O) groups excluding carboxylic acids is 1. The van der Waals surface area contributed by atoms with E-state index >= 15 is 0 Å². The summed E-state index contributed by atoms with van der Waals surface area (Å²) in [5.74, 6) is -2.64. The minimum absolute atomic E-state index is 0.0520. The van der Waals surface area contributed by atoms with Crippen LogP contribution in [0.5, 0.6) is 0 Å². The minimum Gasteiger partial charge on any atom is -0.379 e. The van der Waals surface area contributed by atoms with E-state index in [0.717, 1.165) is 23.6 Å². The number of nitrogens with one attached hydrogen (secondary N) is 1. The number of benzene rings is 2. The zero-order valence-electron chi connectivity index (χ0n) is 11.6. The summed E-state index contributed by atoms with van der Waals surface area (Å²) >= 11 is 0. The predicted octanol–water partition coefficient (Wildman–Crippen LogP) is 3.24. The van der Waals surface area contributed by atoms with Gasteiger partial charge < -0.3 is 11.1 Å². The lowest BCUT2D eigenvalue weighted by Gasteiger charge is -2.12. The zero-order valence-corrected chi connectivity index (χ0v) is 11.6. The Balaban J connectivity index is 2.24. The number of nitrogens with two attached hydrogens (primary N) is 1. The Kier molecular flexibility index (Phi) is 4.52. The molecule has 0 atom stereocenters. The van der Waals surface area contributed by atoms with Gasteiger partial charge in [0.2, 0.25) is 0 Å². The van der Waals surface area contributed by atoms with Gasteiger partial charge in [0.15, 0.2) is 0 Å². The van der Waals surface area contributed by atoms with Crippen molar-refractivity contribution in [2.24, 2.45) is 5.73 Å². The summed E-state index contributed by atoms with van der Waals surface area (Å²) in [4.78, 5) is 11.1. The third kappa shape index (κ3) is 3.37. The first-order valence-electron chi connectivity index (χ1n) is 6.62. The van der Waals surface area contributed by atoms with Gasteiger partial charge in [-0.1, -0.05) is 31.2 Å². The van der Waals surface area contributed by atoms with Gasteiger partial charge in [-0.15, -0.1) is 0 Å². The number of hydrogen-bond donors (Lipinski definition) is 2. The molecule has 0 bridgehead atoms. The second kappa shape index (κ2) is 6.35. The quantitative estimate of drug-likeness (QED) is 0.888. The SMILES string of the molecule is CCc1ccccc1CNc1cc(C(N)=O)c(F)cc1F. The van der Waals surface area contributed by atoms with Crippen LogP contribution in [0.3, 0.4) is 0 Å². The summed E-state index contributed by atoms with van der Waals surface area (Å²) < 4.78 is 27.1. The molecular weight excluding hydrogens is 274 g/mol. The maximum absolute atomic E-state index is 13.7. The molecule has 0 saturated carbocycles. The number of anilines is 1. The van der Waals surface area contributed by atoms with Crippen LogP contribution >= 0.6 is 0 Å². The van der Waals surface area contributed by atoms with Gasteiger partial charge in [0.25, 0.3) is 5.91 Å². The highest BCUT2D eigenvalue weighted by molar-refractivity contribution is 5.94. The van der Waals surface area contributed by atoms with E-state index in [-0.39, 0.29) is 11.3 Å². The predicted molar refractivity (Wildman–Crippen MR) is 78.0 cm³/mol. The standard InChI is InChI=1S/C16H16F2N2O/c1-2-10-5-3-4-6-11(10)9-20-15-7-12(16(19)21)13(17)8-14(15)18/h3-8,20H,2,9H2,1H3,(H2,19,21). The number of carbonyl (C=O) groups is 1. The largest absolute Gasteiger partial charge is 0.379 e. The van der Waals surface area contributed by atoms with Gasteiger partial charge in [0.1, 0.15) is 11.6 Å². The van der Waals surface area contributed by atoms with Gasteiger partial charge in [0, 0.05) is 12.6 Å². The number of rotatable bonds is 5. The monoisotopic (exact) mass is 290 g/mol. The van der Waals surface area contributed by atoms with Crippen LogP contribution in [0, 0.1) is 11.6 Å². The van der Waals surface area contributed by atoms with Crippen molar-refractivity contribution < 1.29 is 13.6 Å². The third-order valence-electron chi connectivity index (χ3n) is 3.29. The average Bonchev–Trinajstić information content (AvgIpc) is 2.46. The maximum Gasteiger partial charge on any atom is 0.251 e. The van der Waals surface area contributed by atoms with Gasteiger partial charge >= 0.3 is 0 Å². The molecule has 2 rings (SSSR count). The zero-order chi connectivity index (χ0) is 15.4. The van der Waals surface area contributed by atoms with Crippen LogP contribution in [0.15, 0.2) is 36.4 Å². The molecular formula is C16H16F2N2O. The molecule has 2 aromatic rings. The summed E-state index contributed by atoms with van der Waals surface area (Å²) in [7, 11) is 0. The molecule has 0 spiro atoms. The van der Waals surface area contributed by atoms with Crippen molar-refractivity contribution in [2.75, 3.05) is 5.32 Å². The van der Waals surface area contributed by atoms with Crippen LogP contribution in [0.1, 0.15) is 28.4 Å². The van der Waals surface area contributed by atoms with Crippen molar-refractivity contribution >= 4 is 11.6 Å². The molecule has 0 aromatic heterocycles. The fraction of sp³-hybridized carbons (Fsp3) is 0.188. The Morgan fingerprint density at radius 1 is 1.14 bits per heavy atom. The molecule has 0 aliphatic rings. The highest BCUT2D eigenvalue weighted by atomic mass is 19.1. The third-order valence-corrected chi connectivity index (χ3v) is 3.29. The molecule has 0 aliphatic heterocycles. The maximum atomic E-state index is 13.7. The molecule has 1 amide bonds. The molecule has 0 heterocycles. The first-order chi connectivity index (χ1) is 10.0. The molecule has 0 fully saturated rings. The Hall–Kier alpha value is -2.43. The minimum atomic E-state index is -0.959. The Labute approximate surface area is 121 Å². The van der Waals surface area contributed by atoms with Crippen molar-refractivity contribution in [3.05, 3.63) is 64.7 Å². The fourth-order valence-electron chi connectivity index (χ4n) is 2.14. The van der Waals surface area contributed by atoms with Crippen LogP contribution in [0.2, 0.25) is 0 Å². The first-order valence-corrected chi connectivity index (χ1v) is 6.62. The van der Waals surface area contributed by atoms with E-state index < -0.39 is 17.5 Å². The second-order valence-corrected chi connectivity index (χ2v) is 4.65. The van der Waals surface area contributed by atoms with Crippen molar-refractivity contribution in [2.45, 2.75) is 19.9 Å². The normalized spacial score (nSPS) is 10.4. The van der Waals surface area contributed by atoms with E-state index in [1.807, 2.05) is 31.2 Å². The lowest BCUT2D eigenvalue weighted by Crippen LogP contribution is -2.14. The van der Waals surface area contributed by atoms with E-state index in [9.17, 15) is 13.6 Å². The van der Waals surface area contributed by atoms with Crippen LogP contribution in [-0.4, -0.2) is 5.91 Å². The van der Waals surface area contributed by atoms with Crippen molar-refractivity contribution in [3.63, 3.8) is 0 Å². The van der Waals surface area contributed by atoms with E-state index in [1.54, 1.807) is 0 Å². The first kappa shape index (κ1) is 15.0. The summed E-state index contributed by atoms with van der Waals surface area (Å²) in [6.07, 6.45) is 0.857.